The largest absolute Gasteiger partial charge is 0.425 e. The van der Waals surface area contributed by atoms with Gasteiger partial charge in [-0.1, -0.05) is 24.3 Å². The molecule has 4 nitrogen and oxygen atoms in total. The van der Waals surface area contributed by atoms with Crippen molar-refractivity contribution in [3.8, 4) is 11.5 Å². The summed E-state index contributed by atoms with van der Waals surface area (Å²) in [5.74, 6) is 0.584. The van der Waals surface area contributed by atoms with Gasteiger partial charge >= 0.3 is 6.18 Å². The molecule has 26 heavy (non-hydrogen) atoms. The number of aromatic nitrogens is 3. The fraction of sp³-hybridized carbons (Fsp3) is 0.0556. The fourth-order valence-electron chi connectivity index (χ4n) is 2.42. The Kier molecular flexibility index (Phi) is 4.04. The molecule has 8 heteroatoms. The van der Waals surface area contributed by atoms with E-state index in [4.69, 9.17) is 0 Å². The molecule has 0 bridgehead atoms. The Morgan fingerprint density at radius 2 is 1.69 bits per heavy atom. The first-order valence-electron chi connectivity index (χ1n) is 7.63. The zero-order valence-electron chi connectivity index (χ0n) is 13.2. The summed E-state index contributed by atoms with van der Waals surface area (Å²) in [6.07, 6.45) is -2.84. The van der Waals surface area contributed by atoms with Gasteiger partial charge in [0.05, 0.1) is 5.39 Å². The molecule has 0 unspecified atom stereocenters. The third kappa shape index (κ3) is 3.23. The van der Waals surface area contributed by atoms with Crippen LogP contribution in [0.25, 0.3) is 21.7 Å². The zero-order chi connectivity index (χ0) is 18.1. The monoisotopic (exact) mass is 372 g/mol. The molecule has 0 aliphatic heterocycles. The summed E-state index contributed by atoms with van der Waals surface area (Å²) < 4.78 is 39.4. The molecule has 130 valence electrons. The number of hydrogen-bond acceptors (Lipinski definition) is 5. The molecule has 0 spiro atoms. The second kappa shape index (κ2) is 6.38. The molecule has 0 saturated carbocycles. The Labute approximate surface area is 150 Å². The van der Waals surface area contributed by atoms with E-state index in [0.29, 0.717) is 28.2 Å². The normalized spacial score (nSPS) is 11.7. The lowest BCUT2D eigenvalue weighted by molar-refractivity contribution is -0.134. The van der Waals surface area contributed by atoms with Crippen LogP contribution in [0, 0.1) is 0 Å². The van der Waals surface area contributed by atoms with E-state index in [2.05, 4.69) is 20.3 Å². The minimum absolute atomic E-state index is 0.256. The van der Waals surface area contributed by atoms with Crippen molar-refractivity contribution in [2.45, 2.75) is 6.18 Å². The number of rotatable bonds is 3. The number of pyridine rings is 1. The summed E-state index contributed by atoms with van der Waals surface area (Å²) in [6, 6.07) is 15.4. The Bertz CT molecular complexity index is 1050. The molecule has 0 saturated heterocycles. The van der Waals surface area contributed by atoms with Crippen molar-refractivity contribution in [1.82, 2.24) is 15.0 Å². The predicted molar refractivity (Wildman–Crippen MR) is 95.4 cm³/mol. The summed E-state index contributed by atoms with van der Waals surface area (Å²) in [4.78, 5) is 12.4. The van der Waals surface area contributed by atoms with Gasteiger partial charge in [0, 0.05) is 11.9 Å². The van der Waals surface area contributed by atoms with Crippen LogP contribution in [0.1, 0.15) is 4.88 Å². The minimum atomic E-state index is -4.43. The second-order valence-corrected chi connectivity index (χ2v) is 6.46. The van der Waals surface area contributed by atoms with E-state index in [1.165, 1.54) is 0 Å². The van der Waals surface area contributed by atoms with Crippen LogP contribution < -0.4 is 5.32 Å². The van der Waals surface area contributed by atoms with Gasteiger partial charge in [-0.15, -0.1) is 11.3 Å². The number of fused-ring (bicyclic) bond motifs is 1. The van der Waals surface area contributed by atoms with Crippen LogP contribution in [0.5, 0.6) is 0 Å². The van der Waals surface area contributed by atoms with E-state index in [0.717, 1.165) is 11.8 Å². The molecule has 1 N–H and O–H groups in total. The fourth-order valence-corrected chi connectivity index (χ4v) is 3.32. The molecule has 0 atom stereocenters. The standard InChI is InChI=1S/C18H11F3N4S/c19-18(20,21)14-10-12-15(23-11-6-2-1-3-7-11)24-16(25-17(12)26-14)13-8-4-5-9-22-13/h1-10H,(H,23,24,25). The second-order valence-electron chi connectivity index (χ2n) is 5.43. The summed E-state index contributed by atoms with van der Waals surface area (Å²) in [5.41, 5.74) is 1.21. The molecule has 4 rings (SSSR count). The highest BCUT2D eigenvalue weighted by atomic mass is 32.1. The van der Waals surface area contributed by atoms with Gasteiger partial charge in [0.2, 0.25) is 0 Å². The van der Waals surface area contributed by atoms with Gasteiger partial charge in [-0.2, -0.15) is 13.2 Å². The Morgan fingerprint density at radius 3 is 2.38 bits per heavy atom. The van der Waals surface area contributed by atoms with Crippen LogP contribution >= 0.6 is 11.3 Å². The number of nitrogens with one attached hydrogen (secondary N) is 1. The zero-order valence-corrected chi connectivity index (χ0v) is 14.0. The SMILES string of the molecule is FC(F)(F)c1cc2c(Nc3ccccc3)nc(-c3ccccn3)nc2s1. The summed E-state index contributed by atoms with van der Waals surface area (Å²) >= 11 is 0.594. The minimum Gasteiger partial charge on any atom is -0.340 e. The number of hydrogen-bond donors (Lipinski definition) is 1. The molecule has 4 aromatic rings. The number of benzene rings is 1. The number of thiophene rings is 1. The quantitative estimate of drug-likeness (QED) is 0.515. The molecule has 0 amide bonds. The molecular formula is C18H11F3N4S. The maximum atomic E-state index is 13.1. The summed E-state index contributed by atoms with van der Waals surface area (Å²) in [7, 11) is 0. The van der Waals surface area contributed by atoms with Crippen LogP contribution in [-0.4, -0.2) is 15.0 Å². The van der Waals surface area contributed by atoms with Gasteiger partial charge in [-0.25, -0.2) is 9.97 Å². The molecule has 3 aromatic heterocycles. The van der Waals surface area contributed by atoms with Crippen molar-refractivity contribution < 1.29 is 13.2 Å². The number of halogens is 3. The van der Waals surface area contributed by atoms with Crippen molar-refractivity contribution >= 4 is 33.1 Å². The maximum Gasteiger partial charge on any atom is 0.425 e. The van der Waals surface area contributed by atoms with Gasteiger partial charge in [0.1, 0.15) is 21.2 Å². The first-order chi connectivity index (χ1) is 12.5. The number of anilines is 2. The van der Waals surface area contributed by atoms with Crippen molar-refractivity contribution in [2.75, 3.05) is 5.32 Å². The van der Waals surface area contributed by atoms with E-state index in [9.17, 15) is 13.2 Å². The van der Waals surface area contributed by atoms with Crippen LogP contribution in [0.3, 0.4) is 0 Å². The average Bonchev–Trinajstić information content (AvgIpc) is 3.08. The van der Waals surface area contributed by atoms with Gasteiger partial charge in [0.25, 0.3) is 0 Å². The van der Waals surface area contributed by atoms with Gasteiger partial charge in [-0.3, -0.25) is 4.98 Å². The van der Waals surface area contributed by atoms with Crippen LogP contribution in [0.15, 0.2) is 60.8 Å². The third-order valence-electron chi connectivity index (χ3n) is 3.60. The van der Waals surface area contributed by atoms with Crippen molar-refractivity contribution in [2.24, 2.45) is 0 Å². The molecule has 0 aliphatic carbocycles. The lowest BCUT2D eigenvalue weighted by atomic mass is 10.2. The first kappa shape index (κ1) is 16.5. The van der Waals surface area contributed by atoms with Crippen LogP contribution in [0.4, 0.5) is 24.7 Å². The van der Waals surface area contributed by atoms with Gasteiger partial charge in [-0.05, 0) is 30.3 Å². The lowest BCUT2D eigenvalue weighted by Crippen LogP contribution is -2.00. The van der Waals surface area contributed by atoms with Crippen LogP contribution in [-0.2, 0) is 6.18 Å². The predicted octanol–water partition coefficient (Wildman–Crippen LogP) is 5.52. The highest BCUT2D eigenvalue weighted by Crippen LogP contribution is 2.40. The van der Waals surface area contributed by atoms with Gasteiger partial charge < -0.3 is 5.32 Å². The molecular weight excluding hydrogens is 361 g/mol. The van der Waals surface area contributed by atoms with E-state index in [1.807, 2.05) is 30.3 Å². The summed E-state index contributed by atoms with van der Waals surface area (Å²) in [5, 5.41) is 3.41. The highest BCUT2D eigenvalue weighted by molar-refractivity contribution is 7.18. The maximum absolute atomic E-state index is 13.1. The van der Waals surface area contributed by atoms with Crippen molar-refractivity contribution in [3.63, 3.8) is 0 Å². The highest BCUT2D eigenvalue weighted by Gasteiger charge is 2.33. The Morgan fingerprint density at radius 1 is 0.923 bits per heavy atom. The van der Waals surface area contributed by atoms with Crippen molar-refractivity contribution in [1.29, 1.82) is 0 Å². The topological polar surface area (TPSA) is 50.7 Å². The lowest BCUT2D eigenvalue weighted by Gasteiger charge is -2.08. The Balaban J connectivity index is 1.90. The smallest absolute Gasteiger partial charge is 0.340 e. The number of para-hydroxylation sites is 1. The molecule has 1 aromatic carbocycles. The van der Waals surface area contributed by atoms with Gasteiger partial charge in [0.15, 0.2) is 5.82 Å². The molecule has 0 radical (unpaired) electrons. The number of alkyl halides is 3. The van der Waals surface area contributed by atoms with Crippen LogP contribution in [0.2, 0.25) is 0 Å². The van der Waals surface area contributed by atoms with E-state index in [-0.39, 0.29) is 10.7 Å². The average molecular weight is 372 g/mol. The third-order valence-corrected chi connectivity index (χ3v) is 4.68. The molecule has 0 aliphatic rings. The van der Waals surface area contributed by atoms with Crippen molar-refractivity contribution in [3.05, 3.63) is 65.7 Å². The van der Waals surface area contributed by atoms with E-state index >= 15 is 0 Å². The number of nitrogens with zero attached hydrogens (tertiary/aromatic N) is 3. The Hall–Kier alpha value is -3.00. The summed E-state index contributed by atoms with van der Waals surface area (Å²) in [6.45, 7) is 0. The van der Waals surface area contributed by atoms with E-state index in [1.54, 1.807) is 24.4 Å². The van der Waals surface area contributed by atoms with E-state index < -0.39 is 11.1 Å². The molecule has 3 heterocycles. The first-order valence-corrected chi connectivity index (χ1v) is 8.44. The molecule has 0 fully saturated rings.